The first-order chi connectivity index (χ1) is 11.4. The van der Waals surface area contributed by atoms with Gasteiger partial charge in [0.2, 0.25) is 0 Å². The molecular formula is C19H29ClN2O2. The number of piperidine rings is 1. The van der Waals surface area contributed by atoms with Gasteiger partial charge in [-0.2, -0.15) is 0 Å². The van der Waals surface area contributed by atoms with E-state index < -0.39 is 5.60 Å². The molecule has 2 aliphatic rings. The van der Waals surface area contributed by atoms with Gasteiger partial charge in [-0.05, 0) is 18.1 Å². The van der Waals surface area contributed by atoms with E-state index in [1.165, 1.54) is 0 Å². The molecule has 1 atom stereocenters. The van der Waals surface area contributed by atoms with Crippen LogP contribution in [0, 0.1) is 5.41 Å². The molecule has 5 heteroatoms. The van der Waals surface area contributed by atoms with E-state index in [-0.39, 0.29) is 5.41 Å². The molecule has 0 radical (unpaired) electrons. The largest absolute Gasteiger partial charge is 0.388 e. The Morgan fingerprint density at radius 1 is 1.12 bits per heavy atom. The number of aliphatic hydroxyl groups is 1. The van der Waals surface area contributed by atoms with Gasteiger partial charge in [-0.25, -0.2) is 0 Å². The fraction of sp³-hybridized carbons (Fsp3) is 0.684. The Hall–Kier alpha value is -0.650. The summed E-state index contributed by atoms with van der Waals surface area (Å²) in [6, 6.07) is 8.03. The monoisotopic (exact) mass is 352 g/mol. The number of hydrogen-bond donors (Lipinski definition) is 1. The second-order valence-corrected chi connectivity index (χ2v) is 8.26. The first kappa shape index (κ1) is 18.2. The van der Waals surface area contributed by atoms with Gasteiger partial charge in [0.1, 0.15) is 0 Å². The van der Waals surface area contributed by atoms with Crippen molar-refractivity contribution in [3.8, 4) is 0 Å². The van der Waals surface area contributed by atoms with Crippen LogP contribution in [-0.4, -0.2) is 66.4 Å². The average Bonchev–Trinajstić information content (AvgIpc) is 2.54. The van der Waals surface area contributed by atoms with E-state index in [1.807, 2.05) is 18.2 Å². The Morgan fingerprint density at radius 3 is 2.50 bits per heavy atom. The molecule has 2 heterocycles. The van der Waals surface area contributed by atoms with Crippen molar-refractivity contribution in [1.29, 1.82) is 0 Å². The Labute approximate surface area is 150 Å². The number of ether oxygens (including phenoxy) is 1. The number of β-amino-alcohol motifs (C(OH)–C–C–N with tert-alkyl or cyclic N) is 1. The number of halogens is 1. The highest BCUT2D eigenvalue weighted by atomic mass is 35.5. The predicted molar refractivity (Wildman–Crippen MR) is 97.3 cm³/mol. The third-order valence-corrected chi connectivity index (χ3v) is 6.03. The van der Waals surface area contributed by atoms with Crippen molar-refractivity contribution in [1.82, 2.24) is 9.80 Å². The molecule has 3 rings (SSSR count). The van der Waals surface area contributed by atoms with Crippen LogP contribution in [0.25, 0.3) is 0 Å². The van der Waals surface area contributed by atoms with Gasteiger partial charge in [0, 0.05) is 49.7 Å². The number of hydrogen-bond acceptors (Lipinski definition) is 4. The number of nitrogens with zero attached hydrogens (tertiary/aromatic N) is 2. The van der Waals surface area contributed by atoms with Gasteiger partial charge in [0.15, 0.2) is 0 Å². The maximum Gasteiger partial charge on any atom is 0.0849 e. The van der Waals surface area contributed by atoms with Crippen LogP contribution in [-0.2, 0) is 11.3 Å². The lowest BCUT2D eigenvalue weighted by Gasteiger charge is -2.52. The topological polar surface area (TPSA) is 35.9 Å². The van der Waals surface area contributed by atoms with Gasteiger partial charge in [0.05, 0.1) is 18.8 Å². The van der Waals surface area contributed by atoms with E-state index in [4.69, 9.17) is 16.3 Å². The highest BCUT2D eigenvalue weighted by Gasteiger charge is 2.48. The molecular weight excluding hydrogens is 324 g/mol. The summed E-state index contributed by atoms with van der Waals surface area (Å²) in [6.07, 6.45) is 0.793. The zero-order chi connectivity index (χ0) is 17.2. The molecule has 0 aliphatic carbocycles. The van der Waals surface area contributed by atoms with Crippen LogP contribution in [0.4, 0.5) is 0 Å². The van der Waals surface area contributed by atoms with Crippen LogP contribution in [0.1, 0.15) is 25.8 Å². The summed E-state index contributed by atoms with van der Waals surface area (Å²) >= 11 is 6.30. The number of morpholine rings is 1. The Morgan fingerprint density at radius 2 is 1.83 bits per heavy atom. The normalized spacial score (nSPS) is 28.8. The Kier molecular flexibility index (Phi) is 5.52. The summed E-state index contributed by atoms with van der Waals surface area (Å²) in [5.74, 6) is 0. The molecule has 24 heavy (non-hydrogen) atoms. The lowest BCUT2D eigenvalue weighted by atomic mass is 9.69. The molecule has 1 N–H and O–H groups in total. The van der Waals surface area contributed by atoms with Crippen molar-refractivity contribution < 1.29 is 9.84 Å². The van der Waals surface area contributed by atoms with Crippen molar-refractivity contribution in [3.63, 3.8) is 0 Å². The number of benzene rings is 1. The zero-order valence-electron chi connectivity index (χ0n) is 14.8. The van der Waals surface area contributed by atoms with Gasteiger partial charge in [-0.3, -0.25) is 9.80 Å². The smallest absolute Gasteiger partial charge is 0.0849 e. The van der Waals surface area contributed by atoms with Gasteiger partial charge >= 0.3 is 0 Å². The van der Waals surface area contributed by atoms with Gasteiger partial charge < -0.3 is 9.84 Å². The number of likely N-dealkylation sites (tertiary alicyclic amines) is 1. The molecule has 4 nitrogen and oxygen atoms in total. The van der Waals surface area contributed by atoms with Crippen LogP contribution in [0.3, 0.4) is 0 Å². The van der Waals surface area contributed by atoms with Crippen LogP contribution < -0.4 is 0 Å². The molecule has 2 aliphatic heterocycles. The third-order valence-electron chi connectivity index (χ3n) is 5.66. The van der Waals surface area contributed by atoms with E-state index in [0.717, 1.165) is 69.5 Å². The molecule has 1 aromatic carbocycles. The molecule has 0 saturated carbocycles. The highest BCUT2D eigenvalue weighted by molar-refractivity contribution is 6.31. The van der Waals surface area contributed by atoms with Gasteiger partial charge in [-0.15, -0.1) is 0 Å². The molecule has 0 aromatic heterocycles. The van der Waals surface area contributed by atoms with Crippen molar-refractivity contribution in [2.45, 2.75) is 32.4 Å². The first-order valence-corrected chi connectivity index (χ1v) is 9.26. The number of rotatable bonds is 4. The SMILES string of the molecule is CC1(C)CN(Cc2ccccc2Cl)CC[C@]1(O)CN1CCOCC1. The van der Waals surface area contributed by atoms with Crippen molar-refractivity contribution in [2.75, 3.05) is 45.9 Å². The summed E-state index contributed by atoms with van der Waals surface area (Å²) in [7, 11) is 0. The predicted octanol–water partition coefficient (Wildman–Crippen LogP) is 2.64. The summed E-state index contributed by atoms with van der Waals surface area (Å²) in [4.78, 5) is 4.75. The molecule has 0 unspecified atom stereocenters. The van der Waals surface area contributed by atoms with E-state index >= 15 is 0 Å². The fourth-order valence-electron chi connectivity index (χ4n) is 3.89. The minimum Gasteiger partial charge on any atom is -0.388 e. The van der Waals surface area contributed by atoms with E-state index in [1.54, 1.807) is 0 Å². The average molecular weight is 353 g/mol. The maximum atomic E-state index is 11.4. The van der Waals surface area contributed by atoms with Crippen LogP contribution in [0.15, 0.2) is 24.3 Å². The highest BCUT2D eigenvalue weighted by Crippen LogP contribution is 2.40. The molecule has 2 saturated heterocycles. The maximum absolute atomic E-state index is 11.4. The van der Waals surface area contributed by atoms with Crippen LogP contribution in [0.5, 0.6) is 0 Å². The second-order valence-electron chi connectivity index (χ2n) is 7.86. The molecule has 0 amide bonds. The molecule has 2 fully saturated rings. The van der Waals surface area contributed by atoms with Gasteiger partial charge in [-0.1, -0.05) is 43.6 Å². The minimum atomic E-state index is -0.651. The lowest BCUT2D eigenvalue weighted by molar-refractivity contribution is -0.140. The molecule has 0 bridgehead atoms. The van der Waals surface area contributed by atoms with Crippen molar-refractivity contribution in [2.24, 2.45) is 5.41 Å². The summed E-state index contributed by atoms with van der Waals surface area (Å²) in [5, 5.41) is 12.2. The van der Waals surface area contributed by atoms with E-state index in [0.29, 0.717) is 0 Å². The first-order valence-electron chi connectivity index (χ1n) is 8.88. The Balaban J connectivity index is 1.64. The molecule has 1 aromatic rings. The lowest BCUT2D eigenvalue weighted by Crippen LogP contribution is -2.62. The van der Waals surface area contributed by atoms with E-state index in [9.17, 15) is 5.11 Å². The fourth-order valence-corrected chi connectivity index (χ4v) is 4.09. The zero-order valence-corrected chi connectivity index (χ0v) is 15.6. The van der Waals surface area contributed by atoms with Crippen molar-refractivity contribution >= 4 is 11.6 Å². The van der Waals surface area contributed by atoms with Gasteiger partial charge in [0.25, 0.3) is 0 Å². The Bertz CT molecular complexity index is 560. The summed E-state index contributed by atoms with van der Waals surface area (Å²) in [5.41, 5.74) is 0.347. The third kappa shape index (κ3) is 3.94. The second kappa shape index (κ2) is 7.30. The quantitative estimate of drug-likeness (QED) is 0.903. The standard InChI is InChI=1S/C19H29ClN2O2/c1-18(2)14-22(13-16-5-3-4-6-17(16)20)8-7-19(18,23)15-21-9-11-24-12-10-21/h3-6,23H,7-15H2,1-2H3/t19-/m0/s1. The van der Waals surface area contributed by atoms with Crippen molar-refractivity contribution in [3.05, 3.63) is 34.9 Å². The summed E-state index contributed by atoms with van der Waals surface area (Å²) < 4.78 is 5.42. The van der Waals surface area contributed by atoms with E-state index in [2.05, 4.69) is 29.7 Å². The molecule has 134 valence electrons. The summed E-state index contributed by atoms with van der Waals surface area (Å²) in [6.45, 7) is 11.1. The van der Waals surface area contributed by atoms with Crippen LogP contribution >= 0.6 is 11.6 Å². The minimum absolute atomic E-state index is 0.162. The molecule has 0 spiro atoms. The van der Waals surface area contributed by atoms with Crippen LogP contribution in [0.2, 0.25) is 5.02 Å².